The van der Waals surface area contributed by atoms with Crippen LogP contribution in [0.5, 0.6) is 0 Å². The third-order valence-corrected chi connectivity index (χ3v) is 1.87. The van der Waals surface area contributed by atoms with Gasteiger partial charge in [-0.25, -0.2) is 19.0 Å². The summed E-state index contributed by atoms with van der Waals surface area (Å²) in [5.41, 5.74) is 2.10. The Bertz CT molecular complexity index is 449. The second-order valence-electron chi connectivity index (χ2n) is 2.95. The van der Waals surface area contributed by atoms with E-state index in [1.165, 1.54) is 6.07 Å². The van der Waals surface area contributed by atoms with Crippen LogP contribution in [-0.4, -0.2) is 30.6 Å². The lowest BCUT2D eigenvalue weighted by molar-refractivity contribution is 0.171. The van der Waals surface area contributed by atoms with E-state index in [2.05, 4.69) is 9.84 Å². The zero-order valence-corrected chi connectivity index (χ0v) is 8.91. The van der Waals surface area contributed by atoms with Gasteiger partial charge in [0.05, 0.1) is 19.4 Å². The van der Waals surface area contributed by atoms with Crippen molar-refractivity contribution in [2.75, 3.05) is 13.7 Å². The first-order valence-electron chi connectivity index (χ1n) is 4.55. The van der Waals surface area contributed by atoms with E-state index in [9.17, 15) is 13.6 Å². The van der Waals surface area contributed by atoms with Gasteiger partial charge in [-0.3, -0.25) is 0 Å². The number of hydrazone groups is 1. The first kappa shape index (κ1) is 13.0. The molecule has 7 heteroatoms. The summed E-state index contributed by atoms with van der Waals surface area (Å²) in [5, 5.41) is 12.5. The monoisotopic (exact) mass is 244 g/mol. The molecule has 1 rings (SSSR count). The normalized spacial score (nSPS) is 11.2. The average Bonchev–Trinajstić information content (AvgIpc) is 2.33. The van der Waals surface area contributed by atoms with Crippen molar-refractivity contribution in [2.24, 2.45) is 5.10 Å². The molecule has 0 saturated heterocycles. The number of amides is 1. The van der Waals surface area contributed by atoms with Crippen molar-refractivity contribution in [2.45, 2.75) is 0 Å². The summed E-state index contributed by atoms with van der Waals surface area (Å²) in [7, 11) is 1.14. The highest BCUT2D eigenvalue weighted by atomic mass is 19.2. The fraction of sp³-hybridized carbons (Fsp3) is 0.200. The van der Waals surface area contributed by atoms with E-state index in [0.717, 1.165) is 19.2 Å². The fourth-order valence-electron chi connectivity index (χ4n) is 1.03. The third kappa shape index (κ3) is 3.49. The van der Waals surface area contributed by atoms with Crippen LogP contribution in [0.2, 0.25) is 0 Å². The minimum absolute atomic E-state index is 0.0192. The lowest BCUT2D eigenvalue weighted by atomic mass is 10.1. The number of aliphatic hydroxyl groups is 1. The number of hydrogen-bond acceptors (Lipinski definition) is 4. The number of nitrogens with zero attached hydrogens (tertiary/aromatic N) is 1. The number of halogens is 2. The lowest BCUT2D eigenvalue weighted by Gasteiger charge is -2.04. The SMILES string of the molecule is COC(=O)NN=C(CO)c1ccc(F)c(F)c1. The molecule has 17 heavy (non-hydrogen) atoms. The topological polar surface area (TPSA) is 70.9 Å². The molecule has 1 amide bonds. The van der Waals surface area contributed by atoms with E-state index in [-0.39, 0.29) is 11.3 Å². The predicted octanol–water partition coefficient (Wildman–Crippen LogP) is 1.02. The summed E-state index contributed by atoms with van der Waals surface area (Å²) in [4.78, 5) is 10.7. The Morgan fingerprint density at radius 3 is 2.71 bits per heavy atom. The van der Waals surface area contributed by atoms with Gasteiger partial charge in [-0.05, 0) is 18.2 Å². The molecule has 0 aromatic heterocycles. The van der Waals surface area contributed by atoms with Crippen molar-refractivity contribution in [3.8, 4) is 0 Å². The van der Waals surface area contributed by atoms with E-state index in [1.54, 1.807) is 0 Å². The summed E-state index contributed by atoms with van der Waals surface area (Å²) < 4.78 is 29.8. The lowest BCUT2D eigenvalue weighted by Crippen LogP contribution is -2.21. The Kier molecular flexibility index (Phi) is 4.53. The van der Waals surface area contributed by atoms with Crippen LogP contribution in [-0.2, 0) is 4.74 Å². The van der Waals surface area contributed by atoms with Gasteiger partial charge in [0.15, 0.2) is 11.6 Å². The van der Waals surface area contributed by atoms with Gasteiger partial charge >= 0.3 is 6.09 Å². The van der Waals surface area contributed by atoms with Gasteiger partial charge in [0.25, 0.3) is 0 Å². The maximum atomic E-state index is 12.9. The summed E-state index contributed by atoms with van der Waals surface area (Å²) in [6, 6.07) is 2.99. The van der Waals surface area contributed by atoms with Crippen LogP contribution in [0, 0.1) is 11.6 Å². The molecule has 2 N–H and O–H groups in total. The Morgan fingerprint density at radius 2 is 2.18 bits per heavy atom. The fourth-order valence-corrected chi connectivity index (χ4v) is 1.03. The first-order chi connectivity index (χ1) is 8.08. The van der Waals surface area contributed by atoms with Gasteiger partial charge < -0.3 is 9.84 Å². The molecule has 0 aliphatic carbocycles. The number of carbonyl (C=O) groups is 1. The summed E-state index contributed by atoms with van der Waals surface area (Å²) in [6.45, 7) is -0.547. The molecule has 0 atom stereocenters. The molecule has 0 saturated carbocycles. The number of methoxy groups -OCH3 is 1. The van der Waals surface area contributed by atoms with Crippen molar-refractivity contribution in [3.63, 3.8) is 0 Å². The highest BCUT2D eigenvalue weighted by molar-refractivity contribution is 6.01. The van der Waals surface area contributed by atoms with Crippen LogP contribution in [0.25, 0.3) is 0 Å². The van der Waals surface area contributed by atoms with Crippen LogP contribution >= 0.6 is 0 Å². The Hall–Kier alpha value is -2.02. The van der Waals surface area contributed by atoms with Crippen LogP contribution in [0.15, 0.2) is 23.3 Å². The molecule has 92 valence electrons. The van der Waals surface area contributed by atoms with Crippen LogP contribution in [0.1, 0.15) is 5.56 Å². The predicted molar refractivity (Wildman–Crippen MR) is 55.5 cm³/mol. The molecule has 0 radical (unpaired) electrons. The second kappa shape index (κ2) is 5.90. The third-order valence-electron chi connectivity index (χ3n) is 1.87. The Balaban J connectivity index is 2.93. The number of nitrogens with one attached hydrogen (secondary N) is 1. The van der Waals surface area contributed by atoms with E-state index < -0.39 is 24.3 Å². The van der Waals surface area contributed by atoms with Crippen molar-refractivity contribution < 1.29 is 23.4 Å². The molecule has 5 nitrogen and oxygen atoms in total. The molecule has 0 unspecified atom stereocenters. The smallest absolute Gasteiger partial charge is 0.427 e. The van der Waals surface area contributed by atoms with Crippen LogP contribution in [0.3, 0.4) is 0 Å². The van der Waals surface area contributed by atoms with Crippen molar-refractivity contribution >= 4 is 11.8 Å². The number of aliphatic hydroxyl groups excluding tert-OH is 1. The quantitative estimate of drug-likeness (QED) is 0.616. The van der Waals surface area contributed by atoms with Gasteiger partial charge in [0, 0.05) is 5.56 Å². The van der Waals surface area contributed by atoms with Crippen molar-refractivity contribution in [3.05, 3.63) is 35.4 Å². The van der Waals surface area contributed by atoms with Crippen molar-refractivity contribution in [1.82, 2.24) is 5.43 Å². The van der Waals surface area contributed by atoms with Gasteiger partial charge in [-0.15, -0.1) is 0 Å². The Labute approximate surface area is 95.7 Å². The molecule has 0 bridgehead atoms. The maximum absolute atomic E-state index is 12.9. The summed E-state index contributed by atoms with van der Waals surface area (Å²) in [5.74, 6) is -2.08. The molecule has 0 fully saturated rings. The van der Waals surface area contributed by atoms with Crippen LogP contribution < -0.4 is 5.43 Å². The number of hydrogen-bond donors (Lipinski definition) is 2. The minimum Gasteiger partial charge on any atom is -0.452 e. The van der Waals surface area contributed by atoms with Gasteiger partial charge in [-0.2, -0.15) is 5.10 Å². The van der Waals surface area contributed by atoms with Gasteiger partial charge in [0.1, 0.15) is 0 Å². The summed E-state index contributed by atoms with van der Waals surface area (Å²) in [6.07, 6.45) is -0.835. The van der Waals surface area contributed by atoms with E-state index in [0.29, 0.717) is 0 Å². The molecule has 0 aliphatic rings. The van der Waals surface area contributed by atoms with Gasteiger partial charge in [0.2, 0.25) is 0 Å². The molecule has 0 aliphatic heterocycles. The Morgan fingerprint density at radius 1 is 1.47 bits per heavy atom. The molecule has 1 aromatic rings. The zero-order chi connectivity index (χ0) is 12.8. The number of rotatable bonds is 3. The minimum atomic E-state index is -1.07. The van der Waals surface area contributed by atoms with E-state index in [4.69, 9.17) is 5.11 Å². The first-order valence-corrected chi connectivity index (χ1v) is 4.55. The summed E-state index contributed by atoms with van der Waals surface area (Å²) >= 11 is 0. The van der Waals surface area contributed by atoms with Gasteiger partial charge in [-0.1, -0.05) is 0 Å². The average molecular weight is 244 g/mol. The molecular weight excluding hydrogens is 234 g/mol. The number of carbonyl (C=O) groups excluding carboxylic acids is 1. The molecule has 1 aromatic carbocycles. The highest BCUT2D eigenvalue weighted by Crippen LogP contribution is 2.09. The standard InChI is InChI=1S/C10H10F2N2O3/c1-17-10(16)14-13-9(5-15)6-2-3-7(11)8(12)4-6/h2-4,15H,5H2,1H3,(H,14,16). The highest BCUT2D eigenvalue weighted by Gasteiger charge is 2.08. The largest absolute Gasteiger partial charge is 0.452 e. The van der Waals surface area contributed by atoms with Crippen molar-refractivity contribution in [1.29, 1.82) is 0 Å². The number of ether oxygens (including phenoxy) is 1. The molecule has 0 spiro atoms. The zero-order valence-electron chi connectivity index (χ0n) is 8.91. The van der Waals surface area contributed by atoms with E-state index >= 15 is 0 Å². The second-order valence-corrected chi connectivity index (χ2v) is 2.95. The van der Waals surface area contributed by atoms with E-state index in [1.807, 2.05) is 5.43 Å². The molecule has 0 heterocycles. The molecular formula is C10H10F2N2O3. The maximum Gasteiger partial charge on any atom is 0.427 e. The number of benzene rings is 1. The van der Waals surface area contributed by atoms with Crippen LogP contribution in [0.4, 0.5) is 13.6 Å².